The Labute approximate surface area is 234 Å². The van der Waals surface area contributed by atoms with Crippen molar-refractivity contribution in [3.8, 4) is 11.5 Å². The Morgan fingerprint density at radius 2 is 1.60 bits per heavy atom. The first-order chi connectivity index (χ1) is 19.4. The van der Waals surface area contributed by atoms with Gasteiger partial charge in [-0.2, -0.15) is 0 Å². The molecule has 0 spiro atoms. The van der Waals surface area contributed by atoms with E-state index in [1.807, 2.05) is 44.2 Å². The first kappa shape index (κ1) is 29.0. The van der Waals surface area contributed by atoms with Crippen molar-refractivity contribution in [1.82, 2.24) is 20.1 Å². The van der Waals surface area contributed by atoms with Crippen LogP contribution in [0.15, 0.2) is 67.0 Å². The van der Waals surface area contributed by atoms with Crippen molar-refractivity contribution in [2.75, 3.05) is 57.9 Å². The number of aryl methyl sites for hydroxylation is 2. The van der Waals surface area contributed by atoms with Crippen LogP contribution in [0, 0.1) is 13.8 Å². The van der Waals surface area contributed by atoms with Gasteiger partial charge in [-0.25, -0.2) is 0 Å². The zero-order valence-corrected chi connectivity index (χ0v) is 23.0. The van der Waals surface area contributed by atoms with Crippen LogP contribution < -0.4 is 20.1 Å². The summed E-state index contributed by atoms with van der Waals surface area (Å²) in [6.07, 6.45) is 2.39. The van der Waals surface area contributed by atoms with E-state index in [-0.39, 0.29) is 25.2 Å². The summed E-state index contributed by atoms with van der Waals surface area (Å²) in [5.74, 6) is 0.645. The van der Waals surface area contributed by atoms with Gasteiger partial charge in [-0.15, -0.1) is 0 Å². The summed E-state index contributed by atoms with van der Waals surface area (Å²) >= 11 is 0. The molecule has 1 atom stereocenters. The summed E-state index contributed by atoms with van der Waals surface area (Å²) in [6, 6.07) is 16.5. The average Bonchev–Trinajstić information content (AvgIpc) is 2.96. The van der Waals surface area contributed by atoms with Gasteiger partial charge in [-0.3, -0.25) is 24.4 Å². The Balaban J connectivity index is 1.16. The summed E-state index contributed by atoms with van der Waals surface area (Å²) in [6.45, 7) is 7.85. The first-order valence-corrected chi connectivity index (χ1v) is 13.4. The second-order valence-corrected chi connectivity index (χ2v) is 9.84. The van der Waals surface area contributed by atoms with E-state index in [0.29, 0.717) is 30.2 Å². The highest BCUT2D eigenvalue weighted by atomic mass is 16.5. The lowest BCUT2D eigenvalue weighted by Crippen LogP contribution is -2.50. The van der Waals surface area contributed by atoms with Crippen molar-refractivity contribution in [2.24, 2.45) is 0 Å². The van der Waals surface area contributed by atoms with E-state index in [1.165, 1.54) is 6.20 Å². The van der Waals surface area contributed by atoms with E-state index in [1.54, 1.807) is 30.5 Å². The molecule has 1 aliphatic heterocycles. The molecule has 0 aliphatic carbocycles. The fraction of sp³-hybridized carbons (Fsp3) is 0.367. The highest BCUT2D eigenvalue weighted by Gasteiger charge is 2.22. The van der Waals surface area contributed by atoms with Gasteiger partial charge in [0.05, 0.1) is 12.1 Å². The average molecular weight is 548 g/mol. The van der Waals surface area contributed by atoms with Crippen molar-refractivity contribution in [2.45, 2.75) is 20.0 Å². The number of benzene rings is 2. The molecule has 3 aromatic rings. The molecule has 10 heteroatoms. The van der Waals surface area contributed by atoms with Gasteiger partial charge in [0.25, 0.3) is 5.91 Å². The van der Waals surface area contributed by atoms with Gasteiger partial charge in [0, 0.05) is 50.8 Å². The van der Waals surface area contributed by atoms with Crippen molar-refractivity contribution in [1.29, 1.82) is 0 Å². The Bertz CT molecular complexity index is 1240. The molecule has 0 radical (unpaired) electrons. The second-order valence-electron chi connectivity index (χ2n) is 9.84. The van der Waals surface area contributed by atoms with Crippen molar-refractivity contribution < 1.29 is 24.2 Å². The van der Waals surface area contributed by atoms with Crippen LogP contribution in [0.2, 0.25) is 0 Å². The number of anilines is 1. The molecule has 10 nitrogen and oxygen atoms in total. The smallest absolute Gasteiger partial charge is 0.255 e. The summed E-state index contributed by atoms with van der Waals surface area (Å²) in [5, 5.41) is 16.3. The van der Waals surface area contributed by atoms with Crippen molar-refractivity contribution in [3.63, 3.8) is 0 Å². The summed E-state index contributed by atoms with van der Waals surface area (Å²) in [4.78, 5) is 33.0. The first-order valence-electron chi connectivity index (χ1n) is 13.4. The predicted molar refractivity (Wildman–Crippen MR) is 153 cm³/mol. The molecule has 1 unspecified atom stereocenters. The molecule has 3 N–H and O–H groups in total. The number of carbonyl (C=O) groups is 2. The van der Waals surface area contributed by atoms with Crippen LogP contribution in [0.4, 0.5) is 5.69 Å². The maximum atomic E-state index is 12.6. The number of hydrogen-bond donors (Lipinski definition) is 3. The van der Waals surface area contributed by atoms with E-state index < -0.39 is 6.10 Å². The van der Waals surface area contributed by atoms with E-state index in [4.69, 9.17) is 9.47 Å². The molecule has 4 rings (SSSR count). The standard InChI is InChI=1S/C30H37N5O5/c1-22-7-5-8-23(2)29(22)33-28(37)19-35-15-13-34(14-16-35)18-25(36)20-39-26-10-3-4-11-27(26)40-21-32-30(38)24-9-6-12-31-17-24/h3-12,17,25,36H,13-16,18-21H2,1-2H3,(H,32,38)(H,33,37). The van der Waals surface area contributed by atoms with Crippen LogP contribution in [0.5, 0.6) is 11.5 Å². The number of aliphatic hydroxyl groups excluding tert-OH is 1. The number of para-hydroxylation sites is 3. The number of hydrogen-bond acceptors (Lipinski definition) is 8. The van der Waals surface area contributed by atoms with Gasteiger partial charge >= 0.3 is 0 Å². The number of nitrogens with zero attached hydrogens (tertiary/aromatic N) is 3. The topological polar surface area (TPSA) is 116 Å². The number of nitrogens with one attached hydrogen (secondary N) is 2. The van der Waals surface area contributed by atoms with Gasteiger partial charge < -0.3 is 25.2 Å². The fourth-order valence-corrected chi connectivity index (χ4v) is 4.53. The molecule has 1 aromatic heterocycles. The lowest BCUT2D eigenvalue weighted by Gasteiger charge is -2.35. The van der Waals surface area contributed by atoms with Crippen LogP contribution >= 0.6 is 0 Å². The SMILES string of the molecule is Cc1cccc(C)c1NC(=O)CN1CCN(CC(O)COc2ccccc2OCNC(=O)c2cccnc2)CC1. The van der Waals surface area contributed by atoms with E-state index >= 15 is 0 Å². The maximum Gasteiger partial charge on any atom is 0.255 e. The Hall–Kier alpha value is -3.99. The third-order valence-corrected chi connectivity index (χ3v) is 6.71. The minimum Gasteiger partial charge on any atom is -0.487 e. The number of aromatic nitrogens is 1. The molecule has 1 saturated heterocycles. The Morgan fingerprint density at radius 1 is 0.925 bits per heavy atom. The number of piperazine rings is 1. The van der Waals surface area contributed by atoms with Gasteiger partial charge in [-0.05, 0) is 49.2 Å². The lowest BCUT2D eigenvalue weighted by atomic mass is 10.1. The highest BCUT2D eigenvalue weighted by Crippen LogP contribution is 2.26. The monoisotopic (exact) mass is 547 g/mol. The number of rotatable bonds is 12. The fourth-order valence-electron chi connectivity index (χ4n) is 4.53. The number of aliphatic hydroxyl groups is 1. The Kier molecular flexibility index (Phi) is 10.4. The summed E-state index contributed by atoms with van der Waals surface area (Å²) in [7, 11) is 0. The van der Waals surface area contributed by atoms with Crippen LogP contribution in [-0.2, 0) is 4.79 Å². The molecule has 40 heavy (non-hydrogen) atoms. The van der Waals surface area contributed by atoms with Crippen LogP contribution in [0.3, 0.4) is 0 Å². The molecule has 2 amide bonds. The zero-order chi connectivity index (χ0) is 28.3. The molecule has 0 saturated carbocycles. The maximum absolute atomic E-state index is 12.6. The number of β-amino-alcohol motifs (C(OH)–C–C–N with tert-alkyl or cyclic N) is 1. The van der Waals surface area contributed by atoms with Crippen LogP contribution in [0.25, 0.3) is 0 Å². The van der Waals surface area contributed by atoms with Crippen molar-refractivity contribution in [3.05, 3.63) is 83.7 Å². The molecule has 2 heterocycles. The largest absolute Gasteiger partial charge is 0.487 e. The van der Waals surface area contributed by atoms with Crippen LogP contribution in [-0.4, -0.2) is 90.4 Å². The van der Waals surface area contributed by atoms with Gasteiger partial charge in [0.2, 0.25) is 5.91 Å². The zero-order valence-electron chi connectivity index (χ0n) is 23.0. The molecule has 2 aromatic carbocycles. The number of ether oxygens (including phenoxy) is 2. The summed E-state index contributed by atoms with van der Waals surface area (Å²) in [5.41, 5.74) is 3.43. The van der Waals surface area contributed by atoms with Gasteiger partial charge in [0.1, 0.15) is 12.7 Å². The Morgan fingerprint density at radius 3 is 2.27 bits per heavy atom. The van der Waals surface area contributed by atoms with Crippen molar-refractivity contribution >= 4 is 17.5 Å². The van der Waals surface area contributed by atoms with Gasteiger partial charge in [0.15, 0.2) is 18.2 Å². The summed E-state index contributed by atoms with van der Waals surface area (Å²) < 4.78 is 11.5. The second kappa shape index (κ2) is 14.4. The minimum absolute atomic E-state index is 0.0168. The molecule has 0 bridgehead atoms. The van der Waals surface area contributed by atoms with Gasteiger partial charge in [-0.1, -0.05) is 30.3 Å². The third kappa shape index (κ3) is 8.51. The predicted octanol–water partition coefficient (Wildman–Crippen LogP) is 2.46. The minimum atomic E-state index is -0.697. The van der Waals surface area contributed by atoms with E-state index in [9.17, 15) is 14.7 Å². The third-order valence-electron chi connectivity index (χ3n) is 6.71. The number of carbonyl (C=O) groups excluding carboxylic acids is 2. The highest BCUT2D eigenvalue weighted by molar-refractivity contribution is 5.94. The molecular weight excluding hydrogens is 510 g/mol. The molecule has 212 valence electrons. The number of amides is 2. The van der Waals surface area contributed by atoms with E-state index in [2.05, 4.69) is 25.4 Å². The van der Waals surface area contributed by atoms with E-state index in [0.717, 1.165) is 43.0 Å². The normalized spacial score (nSPS) is 14.8. The molecular formula is C30H37N5O5. The van der Waals surface area contributed by atoms with Crippen LogP contribution in [0.1, 0.15) is 21.5 Å². The molecule has 1 fully saturated rings. The number of pyridine rings is 1. The quantitative estimate of drug-likeness (QED) is 0.296. The lowest BCUT2D eigenvalue weighted by molar-refractivity contribution is -0.117. The molecule has 1 aliphatic rings.